The summed E-state index contributed by atoms with van der Waals surface area (Å²) in [4.78, 5) is 15.2. The number of nitrogens with one attached hydrogen (secondary N) is 2. The zero-order chi connectivity index (χ0) is 22.6. The summed E-state index contributed by atoms with van der Waals surface area (Å²) in [6.07, 6.45) is 1.02. The highest BCUT2D eigenvalue weighted by Crippen LogP contribution is 2.21. The van der Waals surface area contributed by atoms with Crippen molar-refractivity contribution in [1.82, 2.24) is 10.6 Å². The first-order valence-corrected chi connectivity index (χ1v) is 10.5. The second kappa shape index (κ2) is 14.5. The van der Waals surface area contributed by atoms with Crippen molar-refractivity contribution in [3.63, 3.8) is 0 Å². The van der Waals surface area contributed by atoms with E-state index >= 15 is 0 Å². The molecule has 0 aliphatic carbocycles. The van der Waals surface area contributed by atoms with E-state index < -0.39 is 5.91 Å². The van der Waals surface area contributed by atoms with Gasteiger partial charge in [0.2, 0.25) is 0 Å². The van der Waals surface area contributed by atoms with Crippen LogP contribution < -0.4 is 25.8 Å². The summed E-state index contributed by atoms with van der Waals surface area (Å²) in [5.41, 5.74) is 8.38. The smallest absolute Gasteiger partial charge is 0.255 e. The largest absolute Gasteiger partial charge is 0.493 e. The Morgan fingerprint density at radius 2 is 1.84 bits per heavy atom. The number of carbonyl (C=O) groups is 1. The lowest BCUT2D eigenvalue weighted by molar-refractivity contribution is -0.119. The monoisotopic (exact) mass is 554 g/mol. The van der Waals surface area contributed by atoms with Crippen LogP contribution in [-0.2, 0) is 17.9 Å². The number of hydrogen-bond acceptors (Lipinski definition) is 4. The van der Waals surface area contributed by atoms with Crippen molar-refractivity contribution in [3.8, 4) is 11.5 Å². The second-order valence-corrected chi connectivity index (χ2v) is 7.82. The Bertz CT molecular complexity index is 887. The van der Waals surface area contributed by atoms with Crippen LogP contribution in [0.3, 0.4) is 0 Å². The van der Waals surface area contributed by atoms with Gasteiger partial charge in [0.1, 0.15) is 11.5 Å². The number of carbonyl (C=O) groups excluding carboxylic acids is 1. The second-order valence-electron chi connectivity index (χ2n) is 7.82. The molecule has 0 spiro atoms. The molecule has 1 amide bonds. The molecule has 0 saturated carbocycles. The average Bonchev–Trinajstić information content (AvgIpc) is 2.73. The number of aryl methyl sites for hydroxylation is 1. The number of hydrogen-bond donors (Lipinski definition) is 3. The number of halogens is 1. The minimum atomic E-state index is -0.503. The molecular formula is C24H35IN4O3. The summed E-state index contributed by atoms with van der Waals surface area (Å²) >= 11 is 0. The van der Waals surface area contributed by atoms with Crippen molar-refractivity contribution in [2.24, 2.45) is 16.6 Å². The molecule has 0 saturated heterocycles. The first kappa shape index (κ1) is 27.5. The molecule has 2 aromatic carbocycles. The van der Waals surface area contributed by atoms with Crippen LogP contribution in [0.15, 0.2) is 47.5 Å². The van der Waals surface area contributed by atoms with Crippen LogP contribution >= 0.6 is 24.0 Å². The molecule has 8 heteroatoms. The van der Waals surface area contributed by atoms with Gasteiger partial charge in [0, 0.05) is 25.7 Å². The number of guanidine groups is 1. The summed E-state index contributed by atoms with van der Waals surface area (Å²) in [5, 5.41) is 6.62. The van der Waals surface area contributed by atoms with Crippen LogP contribution in [0.4, 0.5) is 0 Å². The summed E-state index contributed by atoms with van der Waals surface area (Å²) < 4.78 is 11.4. The summed E-state index contributed by atoms with van der Waals surface area (Å²) in [5.74, 6) is 2.29. The first-order valence-electron chi connectivity index (χ1n) is 10.5. The Labute approximate surface area is 208 Å². The molecule has 2 aromatic rings. The van der Waals surface area contributed by atoms with Gasteiger partial charge in [0.05, 0.1) is 6.61 Å². The molecule has 176 valence electrons. The Balaban J connectivity index is 0.00000512. The Morgan fingerprint density at radius 3 is 2.53 bits per heavy atom. The van der Waals surface area contributed by atoms with E-state index in [-0.39, 0.29) is 30.6 Å². The topological polar surface area (TPSA) is 98.0 Å². The Morgan fingerprint density at radius 1 is 1.09 bits per heavy atom. The molecule has 0 aliphatic rings. The van der Waals surface area contributed by atoms with Gasteiger partial charge >= 0.3 is 0 Å². The third-order valence-electron chi connectivity index (χ3n) is 4.58. The molecule has 0 radical (unpaired) electrons. The first-order chi connectivity index (χ1) is 14.9. The predicted octanol–water partition coefficient (Wildman–Crippen LogP) is 3.77. The van der Waals surface area contributed by atoms with Crippen LogP contribution in [0.1, 0.15) is 37.0 Å². The maximum Gasteiger partial charge on any atom is 0.255 e. The van der Waals surface area contributed by atoms with E-state index in [1.54, 1.807) is 13.1 Å². The lowest BCUT2D eigenvalue weighted by Gasteiger charge is -2.16. The molecule has 0 atom stereocenters. The van der Waals surface area contributed by atoms with Gasteiger partial charge in [-0.3, -0.25) is 9.79 Å². The minimum absolute atomic E-state index is 0. The average molecular weight is 554 g/mol. The number of aliphatic imine (C=N–C) groups is 1. The van der Waals surface area contributed by atoms with Crippen molar-refractivity contribution in [2.75, 3.05) is 20.3 Å². The van der Waals surface area contributed by atoms with E-state index in [1.807, 2.05) is 18.2 Å². The van der Waals surface area contributed by atoms with Crippen LogP contribution in [0, 0.1) is 12.8 Å². The SMILES string of the molecule is CN=C(NCc1cccc(OCC(N)=O)c1)NCc1ccc(C)cc1OCCC(C)C.I. The van der Waals surface area contributed by atoms with Crippen molar-refractivity contribution >= 4 is 35.8 Å². The van der Waals surface area contributed by atoms with E-state index in [9.17, 15) is 4.79 Å². The van der Waals surface area contributed by atoms with E-state index in [2.05, 4.69) is 54.6 Å². The Kier molecular flexibility index (Phi) is 12.5. The number of nitrogens with two attached hydrogens (primary N) is 1. The van der Waals surface area contributed by atoms with Gasteiger partial charge in [-0.05, 0) is 48.6 Å². The van der Waals surface area contributed by atoms with Crippen LogP contribution in [0.2, 0.25) is 0 Å². The van der Waals surface area contributed by atoms with Crippen LogP contribution in [-0.4, -0.2) is 32.1 Å². The summed E-state index contributed by atoms with van der Waals surface area (Å²) in [6, 6.07) is 13.7. The van der Waals surface area contributed by atoms with Crippen LogP contribution in [0.25, 0.3) is 0 Å². The van der Waals surface area contributed by atoms with Gasteiger partial charge < -0.3 is 25.8 Å². The normalized spacial score (nSPS) is 11.0. The zero-order valence-corrected chi connectivity index (χ0v) is 21.6. The molecule has 0 bridgehead atoms. The van der Waals surface area contributed by atoms with E-state index in [0.717, 1.165) is 23.3 Å². The van der Waals surface area contributed by atoms with Crippen molar-refractivity contribution < 1.29 is 14.3 Å². The van der Waals surface area contributed by atoms with Gasteiger partial charge in [0.15, 0.2) is 12.6 Å². The fraction of sp³-hybridized carbons (Fsp3) is 0.417. The number of benzene rings is 2. The van der Waals surface area contributed by atoms with E-state index in [0.29, 0.717) is 37.3 Å². The lowest BCUT2D eigenvalue weighted by atomic mass is 10.1. The maximum absolute atomic E-state index is 10.9. The quantitative estimate of drug-likeness (QED) is 0.223. The van der Waals surface area contributed by atoms with Crippen LogP contribution in [0.5, 0.6) is 11.5 Å². The Hall–Kier alpha value is -2.49. The minimum Gasteiger partial charge on any atom is -0.493 e. The third-order valence-corrected chi connectivity index (χ3v) is 4.58. The number of nitrogens with zero attached hydrogens (tertiary/aromatic N) is 1. The number of amides is 1. The molecule has 2 rings (SSSR count). The number of ether oxygens (including phenoxy) is 2. The fourth-order valence-electron chi connectivity index (χ4n) is 2.83. The molecule has 0 fully saturated rings. The summed E-state index contributed by atoms with van der Waals surface area (Å²) in [7, 11) is 1.73. The highest BCUT2D eigenvalue weighted by atomic mass is 127. The summed E-state index contributed by atoms with van der Waals surface area (Å²) in [6.45, 7) is 8.16. The molecular weight excluding hydrogens is 519 g/mol. The van der Waals surface area contributed by atoms with Gasteiger partial charge in [0.25, 0.3) is 5.91 Å². The lowest BCUT2D eigenvalue weighted by Crippen LogP contribution is -2.36. The maximum atomic E-state index is 10.9. The number of primary amides is 1. The molecule has 4 N–H and O–H groups in total. The molecule has 0 aromatic heterocycles. The molecule has 0 heterocycles. The standard InChI is InChI=1S/C24H34N4O3.HI/c1-17(2)10-11-30-22-12-18(3)8-9-20(22)15-28-24(26-4)27-14-19-6-5-7-21(13-19)31-16-23(25)29;/h5-9,12-13,17H,10-11,14-16H2,1-4H3,(H2,25,29)(H2,26,27,28);1H. The molecule has 7 nitrogen and oxygen atoms in total. The zero-order valence-electron chi connectivity index (χ0n) is 19.3. The molecule has 0 aliphatic heterocycles. The molecule has 32 heavy (non-hydrogen) atoms. The van der Waals surface area contributed by atoms with Crippen molar-refractivity contribution in [2.45, 2.75) is 40.3 Å². The van der Waals surface area contributed by atoms with Gasteiger partial charge in [-0.25, -0.2) is 0 Å². The fourth-order valence-corrected chi connectivity index (χ4v) is 2.83. The molecule has 0 unspecified atom stereocenters. The van der Waals surface area contributed by atoms with E-state index in [1.165, 1.54) is 5.56 Å². The highest BCUT2D eigenvalue weighted by Gasteiger charge is 2.07. The van der Waals surface area contributed by atoms with E-state index in [4.69, 9.17) is 15.2 Å². The highest BCUT2D eigenvalue weighted by molar-refractivity contribution is 14.0. The predicted molar refractivity (Wildman–Crippen MR) is 140 cm³/mol. The van der Waals surface area contributed by atoms with Gasteiger partial charge in [-0.2, -0.15) is 0 Å². The number of rotatable bonds is 11. The van der Waals surface area contributed by atoms with Crippen molar-refractivity contribution in [1.29, 1.82) is 0 Å². The van der Waals surface area contributed by atoms with Gasteiger partial charge in [-0.15, -0.1) is 24.0 Å². The third kappa shape index (κ3) is 10.2. The van der Waals surface area contributed by atoms with Crippen molar-refractivity contribution in [3.05, 3.63) is 59.2 Å². The van der Waals surface area contributed by atoms with Gasteiger partial charge in [-0.1, -0.05) is 38.1 Å².